The van der Waals surface area contributed by atoms with Gasteiger partial charge in [0.25, 0.3) is 5.91 Å². The summed E-state index contributed by atoms with van der Waals surface area (Å²) in [5.74, 6) is 0.402. The van der Waals surface area contributed by atoms with Crippen molar-refractivity contribution >= 4 is 11.6 Å². The van der Waals surface area contributed by atoms with Gasteiger partial charge in [-0.1, -0.05) is 12.1 Å². The second kappa shape index (κ2) is 7.12. The molecule has 1 atom stereocenters. The second-order valence-electron chi connectivity index (χ2n) is 5.82. The van der Waals surface area contributed by atoms with E-state index in [1.807, 2.05) is 44.2 Å². The van der Waals surface area contributed by atoms with Gasteiger partial charge in [-0.25, -0.2) is 4.68 Å². The maximum absolute atomic E-state index is 12.4. The Labute approximate surface area is 145 Å². The molecule has 128 valence electrons. The predicted molar refractivity (Wildman–Crippen MR) is 93.8 cm³/mol. The van der Waals surface area contributed by atoms with Crippen LogP contribution in [-0.2, 0) is 4.79 Å². The molecule has 1 N–H and O–H groups in total. The summed E-state index contributed by atoms with van der Waals surface area (Å²) < 4.78 is 7.26. The molecule has 0 fully saturated rings. The minimum Gasteiger partial charge on any atom is -0.481 e. The van der Waals surface area contributed by atoms with E-state index < -0.39 is 6.10 Å². The fourth-order valence-electron chi connectivity index (χ4n) is 2.32. The quantitative estimate of drug-likeness (QED) is 0.774. The number of carbonyl (C=O) groups is 1. The molecule has 7 nitrogen and oxygen atoms in total. The van der Waals surface area contributed by atoms with Crippen LogP contribution in [0.15, 0.2) is 48.8 Å². The molecular formula is C18H19N5O2. The van der Waals surface area contributed by atoms with Crippen LogP contribution in [0.2, 0.25) is 0 Å². The van der Waals surface area contributed by atoms with Gasteiger partial charge in [-0.3, -0.25) is 4.79 Å². The Hall–Kier alpha value is -3.22. The summed E-state index contributed by atoms with van der Waals surface area (Å²) in [6, 6.07) is 13.1. The number of ether oxygens (including phenoxy) is 1. The molecule has 1 amide bonds. The maximum atomic E-state index is 12.4. The van der Waals surface area contributed by atoms with Crippen LogP contribution in [0.25, 0.3) is 5.69 Å². The van der Waals surface area contributed by atoms with Crippen molar-refractivity contribution in [1.29, 1.82) is 0 Å². The average Bonchev–Trinajstić information content (AvgIpc) is 3.13. The molecule has 3 rings (SSSR count). The zero-order chi connectivity index (χ0) is 17.8. The monoisotopic (exact) mass is 337 g/mol. The van der Waals surface area contributed by atoms with Crippen LogP contribution >= 0.6 is 0 Å². The highest BCUT2D eigenvalue weighted by Gasteiger charge is 2.16. The van der Waals surface area contributed by atoms with Crippen molar-refractivity contribution in [3.63, 3.8) is 0 Å². The van der Waals surface area contributed by atoms with Gasteiger partial charge in [0.1, 0.15) is 12.1 Å². The summed E-state index contributed by atoms with van der Waals surface area (Å²) in [5, 5.41) is 13.9. The normalized spacial score (nSPS) is 11.8. The van der Waals surface area contributed by atoms with Crippen LogP contribution in [0.4, 0.5) is 5.69 Å². The molecule has 7 heteroatoms. The fraction of sp³-hybridized carbons (Fsp3) is 0.222. The zero-order valence-corrected chi connectivity index (χ0v) is 14.3. The van der Waals surface area contributed by atoms with Crippen LogP contribution in [0.1, 0.15) is 18.1 Å². The Morgan fingerprint density at radius 3 is 2.60 bits per heavy atom. The third-order valence-corrected chi connectivity index (χ3v) is 3.78. The number of nitrogens with one attached hydrogen (secondary N) is 1. The first-order chi connectivity index (χ1) is 12.0. The summed E-state index contributed by atoms with van der Waals surface area (Å²) >= 11 is 0. The van der Waals surface area contributed by atoms with Crippen molar-refractivity contribution in [2.75, 3.05) is 5.32 Å². The van der Waals surface area contributed by atoms with Gasteiger partial charge in [-0.15, -0.1) is 5.10 Å². The van der Waals surface area contributed by atoms with E-state index in [0.717, 1.165) is 22.5 Å². The van der Waals surface area contributed by atoms with Crippen molar-refractivity contribution in [2.24, 2.45) is 0 Å². The minimum absolute atomic E-state index is 0.196. The number of rotatable bonds is 5. The van der Waals surface area contributed by atoms with Crippen LogP contribution in [0.3, 0.4) is 0 Å². The van der Waals surface area contributed by atoms with E-state index in [9.17, 15) is 4.79 Å². The van der Waals surface area contributed by atoms with Gasteiger partial charge in [0, 0.05) is 5.69 Å². The van der Waals surface area contributed by atoms with E-state index in [4.69, 9.17) is 4.74 Å². The molecule has 0 aliphatic heterocycles. The molecule has 25 heavy (non-hydrogen) atoms. The Kier molecular flexibility index (Phi) is 4.74. The SMILES string of the molecule is Cc1ccc(C)c(NC(=O)C(C)Oc2ccc(-n3cnnn3)cc2)c1. The number of anilines is 1. The average molecular weight is 337 g/mol. The van der Waals surface area contributed by atoms with Crippen molar-refractivity contribution in [3.8, 4) is 11.4 Å². The van der Waals surface area contributed by atoms with Gasteiger partial charge in [0.15, 0.2) is 6.10 Å². The number of nitrogens with zero attached hydrogens (tertiary/aromatic N) is 4. The van der Waals surface area contributed by atoms with Crippen LogP contribution in [0, 0.1) is 13.8 Å². The number of aromatic nitrogens is 4. The van der Waals surface area contributed by atoms with E-state index in [1.54, 1.807) is 23.7 Å². The van der Waals surface area contributed by atoms with E-state index in [1.165, 1.54) is 6.33 Å². The van der Waals surface area contributed by atoms with Crippen LogP contribution < -0.4 is 10.1 Å². The molecule has 3 aromatic rings. The summed E-state index contributed by atoms with van der Waals surface area (Å²) in [5.41, 5.74) is 3.71. The van der Waals surface area contributed by atoms with Gasteiger partial charge in [-0.2, -0.15) is 0 Å². The fourth-order valence-corrected chi connectivity index (χ4v) is 2.32. The van der Waals surface area contributed by atoms with Crippen molar-refractivity contribution in [1.82, 2.24) is 20.2 Å². The third-order valence-electron chi connectivity index (χ3n) is 3.78. The summed E-state index contributed by atoms with van der Waals surface area (Å²) in [6.45, 7) is 5.66. The standard InChI is InChI=1S/C18H19N5O2/c1-12-4-5-13(2)17(10-12)20-18(24)14(3)25-16-8-6-15(7-9-16)23-11-19-21-22-23/h4-11,14H,1-3H3,(H,20,24). The van der Waals surface area contributed by atoms with Gasteiger partial charge in [0.05, 0.1) is 5.69 Å². The molecule has 0 aliphatic carbocycles. The molecule has 0 radical (unpaired) electrons. The number of amides is 1. The molecule has 0 spiro atoms. The molecule has 0 aliphatic rings. The number of tetrazole rings is 1. The number of aryl methyl sites for hydroxylation is 2. The lowest BCUT2D eigenvalue weighted by Crippen LogP contribution is -2.30. The number of benzene rings is 2. The highest BCUT2D eigenvalue weighted by Crippen LogP contribution is 2.19. The van der Waals surface area contributed by atoms with Gasteiger partial charge in [-0.05, 0) is 72.7 Å². The lowest BCUT2D eigenvalue weighted by Gasteiger charge is -2.16. The highest BCUT2D eigenvalue weighted by atomic mass is 16.5. The Bertz CT molecular complexity index is 860. The van der Waals surface area contributed by atoms with Gasteiger partial charge >= 0.3 is 0 Å². The van der Waals surface area contributed by atoms with Gasteiger partial charge in [0.2, 0.25) is 0 Å². The molecule has 0 saturated heterocycles. The topological polar surface area (TPSA) is 81.9 Å². The Balaban J connectivity index is 1.64. The maximum Gasteiger partial charge on any atom is 0.265 e. The second-order valence-corrected chi connectivity index (χ2v) is 5.82. The van der Waals surface area contributed by atoms with E-state index >= 15 is 0 Å². The number of carbonyl (C=O) groups excluding carboxylic acids is 1. The summed E-state index contributed by atoms with van der Waals surface area (Å²) in [4.78, 5) is 12.4. The van der Waals surface area contributed by atoms with Gasteiger partial charge < -0.3 is 10.1 Å². The summed E-state index contributed by atoms with van der Waals surface area (Å²) in [7, 11) is 0. The van der Waals surface area contributed by atoms with Crippen molar-refractivity contribution in [2.45, 2.75) is 26.9 Å². The molecule has 1 aromatic heterocycles. The lowest BCUT2D eigenvalue weighted by molar-refractivity contribution is -0.122. The number of hydrogen-bond donors (Lipinski definition) is 1. The molecule has 1 heterocycles. The Morgan fingerprint density at radius 2 is 1.92 bits per heavy atom. The third kappa shape index (κ3) is 4.00. The summed E-state index contributed by atoms with van der Waals surface area (Å²) in [6.07, 6.45) is 0.884. The smallest absolute Gasteiger partial charge is 0.265 e. The Morgan fingerprint density at radius 1 is 1.16 bits per heavy atom. The lowest BCUT2D eigenvalue weighted by atomic mass is 10.1. The minimum atomic E-state index is -0.626. The first-order valence-electron chi connectivity index (χ1n) is 7.91. The van der Waals surface area contributed by atoms with Crippen LogP contribution in [-0.4, -0.2) is 32.2 Å². The zero-order valence-electron chi connectivity index (χ0n) is 14.3. The van der Waals surface area contributed by atoms with E-state index in [0.29, 0.717) is 5.75 Å². The van der Waals surface area contributed by atoms with E-state index in [-0.39, 0.29) is 5.91 Å². The molecule has 0 bridgehead atoms. The predicted octanol–water partition coefficient (Wildman–Crippen LogP) is 2.69. The molecular weight excluding hydrogens is 318 g/mol. The first-order valence-corrected chi connectivity index (χ1v) is 7.91. The molecule has 1 unspecified atom stereocenters. The van der Waals surface area contributed by atoms with Crippen LogP contribution in [0.5, 0.6) is 5.75 Å². The van der Waals surface area contributed by atoms with Crippen molar-refractivity contribution < 1.29 is 9.53 Å². The highest BCUT2D eigenvalue weighted by molar-refractivity contribution is 5.94. The van der Waals surface area contributed by atoms with Crippen molar-refractivity contribution in [3.05, 3.63) is 59.9 Å². The molecule has 2 aromatic carbocycles. The molecule has 0 saturated carbocycles. The first kappa shape index (κ1) is 16.6. The number of hydrogen-bond acceptors (Lipinski definition) is 5. The van der Waals surface area contributed by atoms with E-state index in [2.05, 4.69) is 20.8 Å². The largest absolute Gasteiger partial charge is 0.481 e.